The Kier molecular flexibility index (Phi) is 3.53. The molecule has 0 amide bonds. The van der Waals surface area contributed by atoms with Crippen LogP contribution in [0.3, 0.4) is 0 Å². The molecule has 0 unspecified atom stereocenters. The molecule has 0 heterocycles. The zero-order chi connectivity index (χ0) is 8.97. The Bertz CT molecular complexity index is 242. The van der Waals surface area contributed by atoms with E-state index < -0.39 is 0 Å². The number of aryl methyl sites for hydroxylation is 1. The van der Waals surface area contributed by atoms with E-state index in [0.29, 0.717) is 6.61 Å². The predicted molar refractivity (Wildman–Crippen MR) is 50.0 cm³/mol. The number of halogens is 1. The Hall–Kier alpha value is -0.570. The quantitative estimate of drug-likeness (QED) is 0.732. The van der Waals surface area contributed by atoms with Crippen LogP contribution in [-0.4, -0.2) is 6.61 Å². The van der Waals surface area contributed by atoms with Crippen LogP contribution in [0.5, 0.6) is 0 Å². The van der Waals surface area contributed by atoms with E-state index in [1.54, 1.807) is 0 Å². The summed E-state index contributed by atoms with van der Waals surface area (Å²) >= 11 is 5.97. The van der Waals surface area contributed by atoms with Gasteiger partial charge in [-0.3, -0.25) is 0 Å². The molecule has 3 heteroatoms. The van der Waals surface area contributed by atoms with Crippen LogP contribution >= 0.6 is 11.6 Å². The second kappa shape index (κ2) is 4.45. The van der Waals surface area contributed by atoms with Crippen molar-refractivity contribution >= 4 is 11.6 Å². The van der Waals surface area contributed by atoms with Gasteiger partial charge in [-0.05, 0) is 30.5 Å². The van der Waals surface area contributed by atoms with Crippen molar-refractivity contribution in [2.75, 3.05) is 6.61 Å². The highest BCUT2D eigenvalue weighted by atomic mass is 35.5. The van der Waals surface area contributed by atoms with Gasteiger partial charge in [0.1, 0.15) is 0 Å². The van der Waals surface area contributed by atoms with Crippen LogP contribution in [-0.2, 0) is 11.3 Å². The van der Waals surface area contributed by atoms with Crippen molar-refractivity contribution in [3.05, 3.63) is 34.3 Å². The van der Waals surface area contributed by atoms with E-state index in [1.807, 2.05) is 25.1 Å². The molecule has 0 aliphatic heterocycles. The zero-order valence-electron chi connectivity index (χ0n) is 7.01. The Morgan fingerprint density at radius 1 is 1.50 bits per heavy atom. The van der Waals surface area contributed by atoms with Crippen molar-refractivity contribution in [2.24, 2.45) is 5.90 Å². The van der Waals surface area contributed by atoms with Gasteiger partial charge in [0.2, 0.25) is 0 Å². The van der Waals surface area contributed by atoms with Crippen LogP contribution in [0.2, 0.25) is 5.02 Å². The molecule has 66 valence electrons. The average Bonchev–Trinajstić information content (AvgIpc) is 2.04. The van der Waals surface area contributed by atoms with E-state index in [0.717, 1.165) is 17.0 Å². The molecule has 0 saturated carbocycles. The fourth-order valence-corrected chi connectivity index (χ4v) is 1.46. The molecule has 2 N–H and O–H groups in total. The van der Waals surface area contributed by atoms with Gasteiger partial charge >= 0.3 is 0 Å². The van der Waals surface area contributed by atoms with Crippen LogP contribution in [0, 0.1) is 6.92 Å². The minimum atomic E-state index is 0.505. The molecule has 0 bridgehead atoms. The van der Waals surface area contributed by atoms with Crippen LogP contribution < -0.4 is 5.90 Å². The zero-order valence-corrected chi connectivity index (χ0v) is 7.77. The summed E-state index contributed by atoms with van der Waals surface area (Å²) in [5, 5.41) is 0.784. The highest BCUT2D eigenvalue weighted by Gasteiger charge is 2.02. The Morgan fingerprint density at radius 2 is 2.25 bits per heavy atom. The smallest absolute Gasteiger partial charge is 0.0720 e. The lowest BCUT2D eigenvalue weighted by Crippen LogP contribution is -2.05. The summed E-state index contributed by atoms with van der Waals surface area (Å²) in [7, 11) is 0. The third-order valence-corrected chi connectivity index (χ3v) is 2.18. The summed E-state index contributed by atoms with van der Waals surface area (Å²) in [6, 6.07) is 5.84. The van der Waals surface area contributed by atoms with Crippen molar-refractivity contribution in [2.45, 2.75) is 13.3 Å². The Balaban J connectivity index is 2.81. The van der Waals surface area contributed by atoms with Gasteiger partial charge in [0.15, 0.2) is 0 Å². The molecule has 2 nitrogen and oxygen atoms in total. The van der Waals surface area contributed by atoms with Crippen molar-refractivity contribution in [3.63, 3.8) is 0 Å². The van der Waals surface area contributed by atoms with Gasteiger partial charge in [-0.2, -0.15) is 0 Å². The third kappa shape index (κ3) is 2.21. The largest absolute Gasteiger partial charge is 0.304 e. The first kappa shape index (κ1) is 9.52. The molecule has 0 fully saturated rings. The van der Waals surface area contributed by atoms with Gasteiger partial charge in [-0.15, -0.1) is 0 Å². The molecule has 0 radical (unpaired) electrons. The molecule has 1 aromatic carbocycles. The van der Waals surface area contributed by atoms with Crippen molar-refractivity contribution < 1.29 is 4.84 Å². The summed E-state index contributed by atoms with van der Waals surface area (Å²) in [6.07, 6.45) is 0.766. The fraction of sp³-hybridized carbons (Fsp3) is 0.333. The molecule has 0 spiro atoms. The number of hydrogen-bond acceptors (Lipinski definition) is 2. The molecule has 1 aromatic rings. The van der Waals surface area contributed by atoms with E-state index >= 15 is 0 Å². The first-order chi connectivity index (χ1) is 5.75. The normalized spacial score (nSPS) is 10.2. The minimum Gasteiger partial charge on any atom is -0.304 e. The van der Waals surface area contributed by atoms with Gasteiger partial charge < -0.3 is 4.84 Å². The van der Waals surface area contributed by atoms with Crippen LogP contribution in [0.1, 0.15) is 11.1 Å². The number of benzene rings is 1. The highest BCUT2D eigenvalue weighted by Crippen LogP contribution is 2.19. The fourth-order valence-electron chi connectivity index (χ4n) is 1.14. The predicted octanol–water partition coefficient (Wildman–Crippen LogP) is 2.08. The SMILES string of the molecule is Cc1cccc(Cl)c1CCON. The molecular formula is C9H12ClNO. The van der Waals surface area contributed by atoms with E-state index in [9.17, 15) is 0 Å². The second-order valence-electron chi connectivity index (χ2n) is 2.66. The van der Waals surface area contributed by atoms with Gasteiger partial charge in [-0.1, -0.05) is 23.7 Å². The van der Waals surface area contributed by atoms with E-state index in [1.165, 1.54) is 5.56 Å². The van der Waals surface area contributed by atoms with Gasteiger partial charge in [0, 0.05) is 5.02 Å². The molecule has 0 aliphatic carbocycles. The first-order valence-corrected chi connectivity index (χ1v) is 4.19. The molecule has 0 aliphatic rings. The highest BCUT2D eigenvalue weighted by molar-refractivity contribution is 6.31. The topological polar surface area (TPSA) is 35.2 Å². The summed E-state index contributed by atoms with van der Waals surface area (Å²) in [5.41, 5.74) is 2.30. The molecule has 0 atom stereocenters. The van der Waals surface area contributed by atoms with E-state index in [-0.39, 0.29) is 0 Å². The van der Waals surface area contributed by atoms with Crippen LogP contribution in [0.4, 0.5) is 0 Å². The third-order valence-electron chi connectivity index (χ3n) is 1.82. The molecule has 1 rings (SSSR count). The van der Waals surface area contributed by atoms with E-state index in [4.69, 9.17) is 17.5 Å². The van der Waals surface area contributed by atoms with Crippen molar-refractivity contribution in [1.29, 1.82) is 0 Å². The maximum Gasteiger partial charge on any atom is 0.0720 e. The Morgan fingerprint density at radius 3 is 2.83 bits per heavy atom. The van der Waals surface area contributed by atoms with Gasteiger partial charge in [0.05, 0.1) is 6.61 Å². The van der Waals surface area contributed by atoms with Gasteiger partial charge in [-0.25, -0.2) is 5.90 Å². The summed E-state index contributed by atoms with van der Waals surface area (Å²) < 4.78 is 0. The minimum absolute atomic E-state index is 0.505. The number of rotatable bonds is 3. The number of nitrogens with two attached hydrogens (primary N) is 1. The lowest BCUT2D eigenvalue weighted by atomic mass is 10.1. The summed E-state index contributed by atoms with van der Waals surface area (Å²) in [5.74, 6) is 4.93. The second-order valence-corrected chi connectivity index (χ2v) is 3.06. The van der Waals surface area contributed by atoms with E-state index in [2.05, 4.69) is 4.84 Å². The summed E-state index contributed by atoms with van der Waals surface area (Å²) in [4.78, 5) is 4.50. The molecular weight excluding hydrogens is 174 g/mol. The van der Waals surface area contributed by atoms with Crippen LogP contribution in [0.15, 0.2) is 18.2 Å². The van der Waals surface area contributed by atoms with Crippen LogP contribution in [0.25, 0.3) is 0 Å². The standard InChI is InChI=1S/C9H12ClNO/c1-7-3-2-4-9(10)8(7)5-6-12-11/h2-4H,5-6,11H2,1H3. The molecule has 0 aromatic heterocycles. The van der Waals surface area contributed by atoms with Crippen molar-refractivity contribution in [1.82, 2.24) is 0 Å². The van der Waals surface area contributed by atoms with Gasteiger partial charge in [0.25, 0.3) is 0 Å². The first-order valence-electron chi connectivity index (χ1n) is 3.81. The monoisotopic (exact) mass is 185 g/mol. The maximum absolute atomic E-state index is 5.97. The summed E-state index contributed by atoms with van der Waals surface area (Å²) in [6.45, 7) is 2.53. The maximum atomic E-state index is 5.97. The lowest BCUT2D eigenvalue weighted by molar-refractivity contribution is 0.141. The Labute approximate surface area is 77.2 Å². The molecule has 12 heavy (non-hydrogen) atoms. The lowest BCUT2D eigenvalue weighted by Gasteiger charge is -2.06. The van der Waals surface area contributed by atoms with Crippen molar-refractivity contribution in [3.8, 4) is 0 Å². The number of hydrogen-bond donors (Lipinski definition) is 1. The average molecular weight is 186 g/mol. The molecule has 0 saturated heterocycles.